The van der Waals surface area contributed by atoms with Crippen molar-refractivity contribution in [3.63, 3.8) is 0 Å². The largest absolute Gasteiger partial charge is 0.375 e. The lowest BCUT2D eigenvalue weighted by atomic mass is 10.1. The molecule has 0 radical (unpaired) electrons. The highest BCUT2D eigenvalue weighted by Gasteiger charge is 2.31. The molecule has 0 aliphatic rings. The molecular formula is C15H27N5O6. The molecule has 0 aliphatic heterocycles. The number of rotatable bonds is 10. The van der Waals surface area contributed by atoms with Crippen molar-refractivity contribution in [1.29, 1.82) is 0 Å². The second-order valence-electron chi connectivity index (χ2n) is 6.76. The molecule has 0 spiro atoms. The van der Waals surface area contributed by atoms with Gasteiger partial charge in [-0.3, -0.25) is 24.0 Å². The van der Waals surface area contributed by atoms with Crippen LogP contribution in [0.2, 0.25) is 0 Å². The molecule has 26 heavy (non-hydrogen) atoms. The van der Waals surface area contributed by atoms with Crippen LogP contribution in [0.15, 0.2) is 0 Å². The van der Waals surface area contributed by atoms with Crippen LogP contribution < -0.4 is 22.1 Å². The molecule has 0 atom stereocenters. The predicted octanol–water partition coefficient (Wildman–Crippen LogP) is -2.78. The minimum Gasteiger partial charge on any atom is -0.375 e. The first kappa shape index (κ1) is 23.3. The van der Waals surface area contributed by atoms with E-state index in [9.17, 15) is 24.0 Å². The molecule has 0 heterocycles. The summed E-state index contributed by atoms with van der Waals surface area (Å²) in [6, 6.07) is 0. The molecule has 0 rings (SSSR count). The van der Waals surface area contributed by atoms with Gasteiger partial charge in [-0.05, 0) is 27.7 Å². The number of carbonyl (C=O) groups excluding carboxylic acids is 5. The van der Waals surface area contributed by atoms with Gasteiger partial charge in [-0.15, -0.1) is 0 Å². The lowest BCUT2D eigenvalue weighted by Gasteiger charge is -2.28. The third-order valence-electron chi connectivity index (χ3n) is 3.43. The fourth-order valence-corrected chi connectivity index (χ4v) is 1.69. The number of methoxy groups -OCH3 is 1. The van der Waals surface area contributed by atoms with E-state index in [-0.39, 0.29) is 6.61 Å². The van der Waals surface area contributed by atoms with Crippen LogP contribution in [0.1, 0.15) is 27.7 Å². The summed E-state index contributed by atoms with van der Waals surface area (Å²) in [5.41, 5.74) is 7.69. The zero-order chi connectivity index (χ0) is 20.7. The van der Waals surface area contributed by atoms with Crippen molar-refractivity contribution < 1.29 is 28.7 Å². The Morgan fingerprint density at radius 2 is 1.19 bits per heavy atom. The van der Waals surface area contributed by atoms with Gasteiger partial charge < -0.3 is 31.7 Å². The van der Waals surface area contributed by atoms with E-state index in [1.165, 1.54) is 34.8 Å². The number of amides is 5. The van der Waals surface area contributed by atoms with E-state index >= 15 is 0 Å². The predicted molar refractivity (Wildman–Crippen MR) is 91.3 cm³/mol. The third-order valence-corrected chi connectivity index (χ3v) is 3.43. The number of carbonyl (C=O) groups is 5. The molecule has 0 aromatic rings. The molecule has 0 aromatic carbocycles. The topological polar surface area (TPSA) is 174 Å². The van der Waals surface area contributed by atoms with E-state index in [0.29, 0.717) is 0 Å². The van der Waals surface area contributed by atoms with Crippen LogP contribution in [-0.2, 0) is 28.7 Å². The van der Waals surface area contributed by atoms with Gasteiger partial charge in [0.2, 0.25) is 29.5 Å². The smallest absolute Gasteiger partial charge is 0.249 e. The van der Waals surface area contributed by atoms with E-state index in [1.54, 1.807) is 0 Å². The number of hydrogen-bond acceptors (Lipinski definition) is 6. The van der Waals surface area contributed by atoms with E-state index in [2.05, 4.69) is 10.6 Å². The molecular weight excluding hydrogens is 346 g/mol. The summed E-state index contributed by atoms with van der Waals surface area (Å²) < 4.78 is 4.72. The number of nitrogens with zero attached hydrogens (tertiary/aromatic N) is 1. The molecule has 0 saturated heterocycles. The van der Waals surface area contributed by atoms with E-state index in [4.69, 9.17) is 16.2 Å². The van der Waals surface area contributed by atoms with Crippen molar-refractivity contribution in [1.82, 2.24) is 15.5 Å². The minimum absolute atomic E-state index is 0.362. The van der Waals surface area contributed by atoms with Crippen LogP contribution in [0.4, 0.5) is 0 Å². The van der Waals surface area contributed by atoms with Crippen LogP contribution in [0.5, 0.6) is 0 Å². The SMILES string of the molecule is COCC(=O)N(CC(=O)NC(C)(C)C(N)=O)CC(=O)NC(C)(C)C(N)=O. The lowest BCUT2D eigenvalue weighted by Crippen LogP contribution is -2.58. The number of nitrogens with one attached hydrogen (secondary N) is 2. The number of nitrogens with two attached hydrogens (primary N) is 2. The fourth-order valence-electron chi connectivity index (χ4n) is 1.69. The van der Waals surface area contributed by atoms with Crippen LogP contribution in [0.25, 0.3) is 0 Å². The van der Waals surface area contributed by atoms with E-state index in [1.807, 2.05) is 0 Å². The first-order valence-electron chi connectivity index (χ1n) is 7.71. The lowest BCUT2D eigenvalue weighted by molar-refractivity contribution is -0.143. The molecule has 0 aliphatic carbocycles. The molecule has 0 unspecified atom stereocenters. The Balaban J connectivity index is 5.11. The highest BCUT2D eigenvalue weighted by Crippen LogP contribution is 2.03. The van der Waals surface area contributed by atoms with Crippen LogP contribution in [0, 0.1) is 0 Å². The molecule has 11 nitrogen and oxygen atoms in total. The molecule has 6 N–H and O–H groups in total. The van der Waals surface area contributed by atoms with Crippen LogP contribution in [-0.4, -0.2) is 72.3 Å². The maximum atomic E-state index is 12.1. The Bertz CT molecular complexity index is 545. The van der Waals surface area contributed by atoms with Crippen molar-refractivity contribution in [3.8, 4) is 0 Å². The van der Waals surface area contributed by atoms with E-state index in [0.717, 1.165) is 4.90 Å². The molecule has 11 heteroatoms. The summed E-state index contributed by atoms with van der Waals surface area (Å²) in [7, 11) is 1.28. The van der Waals surface area contributed by atoms with Gasteiger partial charge in [0.1, 0.15) is 30.8 Å². The zero-order valence-electron chi connectivity index (χ0n) is 15.7. The number of primary amides is 2. The summed E-state index contributed by atoms with van der Waals surface area (Å²) in [4.78, 5) is 59.7. The van der Waals surface area contributed by atoms with Crippen molar-refractivity contribution in [2.45, 2.75) is 38.8 Å². The zero-order valence-corrected chi connectivity index (χ0v) is 15.7. The summed E-state index contributed by atoms with van der Waals surface area (Å²) in [5.74, 6) is -3.55. The third kappa shape index (κ3) is 7.47. The highest BCUT2D eigenvalue weighted by molar-refractivity contribution is 5.94. The van der Waals surface area contributed by atoms with Crippen molar-refractivity contribution in [2.75, 3.05) is 26.8 Å². The Hall–Kier alpha value is -2.69. The average molecular weight is 373 g/mol. The van der Waals surface area contributed by atoms with Crippen molar-refractivity contribution in [3.05, 3.63) is 0 Å². The standard InChI is InChI=1S/C15H27N5O6/c1-14(2,12(16)24)18-9(21)6-20(11(23)8-26-5)7-10(22)19-15(3,4)13(17)25/h6-8H2,1-5H3,(H2,16,24)(H2,17,25)(H,18,21)(H,19,22). The Morgan fingerprint density at radius 3 is 1.46 bits per heavy atom. The first-order chi connectivity index (χ1) is 11.7. The van der Waals surface area contributed by atoms with Crippen LogP contribution in [0.3, 0.4) is 0 Å². The van der Waals surface area contributed by atoms with Crippen molar-refractivity contribution >= 4 is 29.5 Å². The number of ether oxygens (including phenoxy) is 1. The fraction of sp³-hybridized carbons (Fsp3) is 0.667. The highest BCUT2D eigenvalue weighted by atomic mass is 16.5. The second-order valence-corrected chi connectivity index (χ2v) is 6.76. The second kappa shape index (κ2) is 9.13. The minimum atomic E-state index is -1.33. The van der Waals surface area contributed by atoms with Gasteiger partial charge in [-0.2, -0.15) is 0 Å². The summed E-state index contributed by atoms with van der Waals surface area (Å²) in [6.45, 7) is 4.21. The van der Waals surface area contributed by atoms with Gasteiger partial charge in [0.15, 0.2) is 0 Å². The Morgan fingerprint density at radius 1 is 0.846 bits per heavy atom. The van der Waals surface area contributed by atoms with Gasteiger partial charge in [-0.1, -0.05) is 0 Å². The molecule has 0 aromatic heterocycles. The Kier molecular flexibility index (Phi) is 8.19. The first-order valence-corrected chi connectivity index (χ1v) is 7.71. The molecule has 0 bridgehead atoms. The monoisotopic (exact) mass is 373 g/mol. The molecule has 5 amide bonds. The van der Waals surface area contributed by atoms with Gasteiger partial charge >= 0.3 is 0 Å². The van der Waals surface area contributed by atoms with E-state index < -0.39 is 53.7 Å². The van der Waals surface area contributed by atoms with Gasteiger partial charge in [0.25, 0.3) is 0 Å². The van der Waals surface area contributed by atoms with Gasteiger partial charge in [0, 0.05) is 7.11 Å². The summed E-state index contributed by atoms with van der Waals surface area (Å²) in [5, 5.41) is 4.74. The van der Waals surface area contributed by atoms with Crippen LogP contribution >= 0.6 is 0 Å². The maximum Gasteiger partial charge on any atom is 0.249 e. The average Bonchev–Trinajstić information content (AvgIpc) is 2.45. The molecule has 0 fully saturated rings. The van der Waals surface area contributed by atoms with Gasteiger partial charge in [-0.25, -0.2) is 0 Å². The summed E-state index contributed by atoms with van der Waals surface area (Å²) >= 11 is 0. The quantitative estimate of drug-likeness (QED) is 0.322. The summed E-state index contributed by atoms with van der Waals surface area (Å²) in [6.07, 6.45) is 0. The van der Waals surface area contributed by atoms with Crippen molar-refractivity contribution in [2.24, 2.45) is 11.5 Å². The number of hydrogen-bond donors (Lipinski definition) is 4. The maximum absolute atomic E-state index is 12.1. The molecule has 148 valence electrons. The molecule has 0 saturated carbocycles. The van der Waals surface area contributed by atoms with Gasteiger partial charge in [0.05, 0.1) is 0 Å². The Labute approximate surface area is 151 Å². The normalized spacial score (nSPS) is 11.4.